The third-order valence-corrected chi connectivity index (χ3v) is 6.96. The van der Waals surface area contributed by atoms with Gasteiger partial charge in [-0.05, 0) is 50.2 Å². The molecule has 2 aliphatic rings. The van der Waals surface area contributed by atoms with Gasteiger partial charge in [-0.2, -0.15) is 0 Å². The number of hydrogen-bond acceptors (Lipinski definition) is 5. The number of likely N-dealkylation sites (tertiary alicyclic amines) is 1. The first-order valence-electron chi connectivity index (χ1n) is 9.53. The van der Waals surface area contributed by atoms with Crippen LogP contribution >= 0.6 is 11.6 Å². The Morgan fingerprint density at radius 2 is 1.83 bits per heavy atom. The van der Waals surface area contributed by atoms with Gasteiger partial charge in [0.05, 0.1) is 10.9 Å². The van der Waals surface area contributed by atoms with Crippen LogP contribution in [0.15, 0.2) is 41.3 Å². The van der Waals surface area contributed by atoms with Gasteiger partial charge in [0.15, 0.2) is 11.5 Å². The summed E-state index contributed by atoms with van der Waals surface area (Å²) in [5, 5.41) is 0.292. The molecule has 0 aromatic heterocycles. The van der Waals surface area contributed by atoms with Gasteiger partial charge >= 0.3 is 0 Å². The molecule has 156 valence electrons. The molecular weight excluding hydrogens is 419 g/mol. The summed E-state index contributed by atoms with van der Waals surface area (Å²) >= 11 is 6.27. The number of fused-ring (bicyclic) bond motifs is 1. The fraction of sp³-hybridized carbons (Fsp3) is 0.400. The van der Waals surface area contributed by atoms with Crippen LogP contribution in [-0.2, 0) is 10.0 Å². The summed E-state index contributed by atoms with van der Waals surface area (Å²) < 4.78 is 53.9. The summed E-state index contributed by atoms with van der Waals surface area (Å²) in [6.45, 7) is 2.34. The van der Waals surface area contributed by atoms with Crippen molar-refractivity contribution in [3.63, 3.8) is 0 Å². The quantitative estimate of drug-likeness (QED) is 0.746. The predicted molar refractivity (Wildman–Crippen MR) is 108 cm³/mol. The van der Waals surface area contributed by atoms with Crippen LogP contribution in [0.4, 0.5) is 4.39 Å². The highest BCUT2D eigenvalue weighted by molar-refractivity contribution is 7.89. The van der Waals surface area contributed by atoms with Crippen molar-refractivity contribution in [1.29, 1.82) is 0 Å². The number of ether oxygens (including phenoxy) is 2. The average molecular weight is 441 g/mol. The van der Waals surface area contributed by atoms with Gasteiger partial charge < -0.3 is 9.47 Å². The molecule has 0 bridgehead atoms. The normalized spacial score (nSPS) is 18.0. The minimum atomic E-state index is -3.83. The Hall–Kier alpha value is -1.87. The lowest BCUT2D eigenvalue weighted by Crippen LogP contribution is -2.37. The number of benzene rings is 2. The summed E-state index contributed by atoms with van der Waals surface area (Å²) in [6.07, 6.45) is 1.97. The molecule has 0 radical (unpaired) electrons. The van der Waals surface area contributed by atoms with Gasteiger partial charge in [0, 0.05) is 23.2 Å². The van der Waals surface area contributed by atoms with Crippen LogP contribution in [0.25, 0.3) is 0 Å². The molecule has 0 saturated carbocycles. The van der Waals surface area contributed by atoms with Gasteiger partial charge in [-0.25, -0.2) is 17.5 Å². The van der Waals surface area contributed by atoms with E-state index < -0.39 is 21.9 Å². The zero-order valence-corrected chi connectivity index (χ0v) is 17.3. The highest BCUT2D eigenvalue weighted by atomic mass is 35.5. The molecule has 1 atom stereocenters. The van der Waals surface area contributed by atoms with Crippen LogP contribution in [0.3, 0.4) is 0 Å². The van der Waals surface area contributed by atoms with Crippen molar-refractivity contribution in [2.45, 2.75) is 23.8 Å². The maximum absolute atomic E-state index is 14.6. The fourth-order valence-electron chi connectivity index (χ4n) is 3.76. The van der Waals surface area contributed by atoms with E-state index in [-0.39, 0.29) is 11.4 Å². The van der Waals surface area contributed by atoms with Crippen LogP contribution in [0, 0.1) is 5.82 Å². The Bertz CT molecular complexity index is 976. The first-order chi connectivity index (χ1) is 14.0. The molecule has 0 aliphatic carbocycles. The van der Waals surface area contributed by atoms with Crippen LogP contribution < -0.4 is 14.2 Å². The first-order valence-corrected chi connectivity index (χ1v) is 11.4. The van der Waals surface area contributed by atoms with E-state index in [1.807, 2.05) is 0 Å². The van der Waals surface area contributed by atoms with E-state index in [0.717, 1.165) is 25.9 Å². The third-order valence-electron chi connectivity index (χ3n) is 5.21. The van der Waals surface area contributed by atoms with E-state index in [2.05, 4.69) is 9.62 Å². The van der Waals surface area contributed by atoms with Gasteiger partial charge in [-0.1, -0.05) is 17.7 Å². The predicted octanol–water partition coefficient (Wildman–Crippen LogP) is 3.37. The summed E-state index contributed by atoms with van der Waals surface area (Å²) in [4.78, 5) is 2.14. The molecular formula is C20H22ClFN2O4S. The molecule has 4 rings (SSSR count). The molecule has 0 amide bonds. The van der Waals surface area contributed by atoms with Crippen LogP contribution in [-0.4, -0.2) is 46.2 Å². The van der Waals surface area contributed by atoms with E-state index in [1.54, 1.807) is 18.2 Å². The van der Waals surface area contributed by atoms with E-state index in [1.165, 1.54) is 18.2 Å². The molecule has 2 aromatic rings. The topological polar surface area (TPSA) is 67.9 Å². The first kappa shape index (κ1) is 20.4. The number of nitrogens with one attached hydrogen (secondary N) is 1. The van der Waals surface area contributed by atoms with E-state index >= 15 is 0 Å². The van der Waals surface area contributed by atoms with Crippen molar-refractivity contribution in [2.75, 3.05) is 32.8 Å². The van der Waals surface area contributed by atoms with Gasteiger partial charge in [-0.3, -0.25) is 4.90 Å². The maximum atomic E-state index is 14.6. The second-order valence-corrected chi connectivity index (χ2v) is 9.23. The van der Waals surface area contributed by atoms with Crippen LogP contribution in [0.1, 0.15) is 24.4 Å². The average Bonchev–Trinajstić information content (AvgIpc) is 3.24. The lowest BCUT2D eigenvalue weighted by atomic mass is 10.0. The van der Waals surface area contributed by atoms with E-state index in [0.29, 0.717) is 35.3 Å². The molecule has 0 unspecified atom stereocenters. The summed E-state index contributed by atoms with van der Waals surface area (Å²) in [6, 6.07) is 8.52. The SMILES string of the molecule is O=S(=O)(NC[C@@H](c1c(F)cccc1Cl)N1CCCC1)c1ccc2c(c1)OCCO2. The lowest BCUT2D eigenvalue weighted by molar-refractivity contribution is 0.171. The second-order valence-electron chi connectivity index (χ2n) is 7.05. The fourth-order valence-corrected chi connectivity index (χ4v) is 5.10. The Morgan fingerprint density at radius 1 is 1.10 bits per heavy atom. The third kappa shape index (κ3) is 4.35. The summed E-state index contributed by atoms with van der Waals surface area (Å²) in [5.41, 5.74) is 0.320. The highest BCUT2D eigenvalue weighted by Gasteiger charge is 2.29. The van der Waals surface area contributed by atoms with E-state index in [9.17, 15) is 12.8 Å². The summed E-state index contributed by atoms with van der Waals surface area (Å²) in [5.74, 6) is 0.476. The number of sulfonamides is 1. The Balaban J connectivity index is 1.58. The minimum absolute atomic E-state index is 0.0113. The number of nitrogens with zero attached hydrogens (tertiary/aromatic N) is 1. The number of hydrogen-bond donors (Lipinski definition) is 1. The molecule has 1 N–H and O–H groups in total. The smallest absolute Gasteiger partial charge is 0.240 e. The van der Waals surface area contributed by atoms with Crippen molar-refractivity contribution in [2.24, 2.45) is 0 Å². The Labute approximate surface area is 174 Å². The molecule has 29 heavy (non-hydrogen) atoms. The van der Waals surface area contributed by atoms with Crippen molar-refractivity contribution >= 4 is 21.6 Å². The van der Waals surface area contributed by atoms with Crippen LogP contribution in [0.5, 0.6) is 11.5 Å². The molecule has 0 spiro atoms. The molecule has 1 saturated heterocycles. The standard InChI is InChI=1S/C20H22ClFN2O4S/c21-15-4-3-5-16(22)20(15)17(24-8-1-2-9-24)13-23-29(25,26)14-6-7-18-19(12-14)28-11-10-27-18/h3-7,12,17,23H,1-2,8-11,13H2/t17-/m0/s1. The van der Waals surface area contributed by atoms with Gasteiger partial charge in [-0.15, -0.1) is 0 Å². The Morgan fingerprint density at radius 3 is 2.55 bits per heavy atom. The van der Waals surface area contributed by atoms with Crippen molar-refractivity contribution < 1.29 is 22.3 Å². The molecule has 9 heteroatoms. The van der Waals surface area contributed by atoms with Gasteiger partial charge in [0.1, 0.15) is 19.0 Å². The highest BCUT2D eigenvalue weighted by Crippen LogP contribution is 2.34. The molecule has 2 aliphatic heterocycles. The van der Waals surface area contributed by atoms with Gasteiger partial charge in [0.25, 0.3) is 0 Å². The monoisotopic (exact) mass is 440 g/mol. The van der Waals surface area contributed by atoms with Crippen molar-refractivity contribution in [1.82, 2.24) is 9.62 Å². The zero-order chi connectivity index (χ0) is 20.4. The van der Waals surface area contributed by atoms with E-state index in [4.69, 9.17) is 21.1 Å². The van der Waals surface area contributed by atoms with Gasteiger partial charge in [0.2, 0.25) is 10.0 Å². The lowest BCUT2D eigenvalue weighted by Gasteiger charge is -2.29. The molecule has 2 heterocycles. The summed E-state index contributed by atoms with van der Waals surface area (Å²) in [7, 11) is -3.83. The van der Waals surface area contributed by atoms with Crippen LogP contribution in [0.2, 0.25) is 5.02 Å². The molecule has 6 nitrogen and oxygen atoms in total. The van der Waals surface area contributed by atoms with Crippen molar-refractivity contribution in [3.05, 3.63) is 52.8 Å². The second kappa shape index (κ2) is 8.47. The minimum Gasteiger partial charge on any atom is -0.486 e. The zero-order valence-electron chi connectivity index (χ0n) is 15.7. The number of halogens is 2. The Kier molecular flexibility index (Phi) is 5.96. The number of rotatable bonds is 6. The largest absolute Gasteiger partial charge is 0.486 e. The molecule has 1 fully saturated rings. The molecule has 2 aromatic carbocycles. The maximum Gasteiger partial charge on any atom is 0.240 e. The van der Waals surface area contributed by atoms with Crippen molar-refractivity contribution in [3.8, 4) is 11.5 Å².